The average Bonchev–Trinajstić information content (AvgIpc) is 2.84. The van der Waals surface area contributed by atoms with Crippen LogP contribution in [0.15, 0.2) is 42.5 Å². The summed E-state index contributed by atoms with van der Waals surface area (Å²) in [7, 11) is 3.51. The third-order valence-corrected chi connectivity index (χ3v) is 6.30. The van der Waals surface area contributed by atoms with E-state index in [1.54, 1.807) is 12.0 Å². The van der Waals surface area contributed by atoms with E-state index >= 15 is 0 Å². The molecule has 1 fully saturated rings. The fraction of sp³-hybridized carbons (Fsp3) is 0.423. The molecule has 1 aliphatic heterocycles. The molecule has 7 nitrogen and oxygen atoms in total. The Morgan fingerprint density at radius 3 is 2.45 bits per heavy atom. The van der Waals surface area contributed by atoms with E-state index in [1.165, 1.54) is 5.56 Å². The predicted octanol–water partition coefficient (Wildman–Crippen LogP) is 4.01. The summed E-state index contributed by atoms with van der Waals surface area (Å²) in [4.78, 5) is 26.4. The van der Waals surface area contributed by atoms with Crippen molar-refractivity contribution >= 4 is 22.8 Å². The van der Waals surface area contributed by atoms with E-state index < -0.39 is 0 Å². The summed E-state index contributed by atoms with van der Waals surface area (Å²) in [5.74, 6) is 2.54. The first-order chi connectivity index (χ1) is 15.9. The maximum Gasteiger partial charge on any atom is 0.226 e. The van der Waals surface area contributed by atoms with Crippen molar-refractivity contribution in [2.75, 3.05) is 45.3 Å². The van der Waals surface area contributed by atoms with E-state index in [1.807, 2.05) is 63.4 Å². The molecule has 33 heavy (non-hydrogen) atoms. The molecular weight excluding hydrogens is 416 g/mol. The van der Waals surface area contributed by atoms with Gasteiger partial charge in [-0.15, -0.1) is 0 Å². The van der Waals surface area contributed by atoms with E-state index in [-0.39, 0.29) is 11.8 Å². The Morgan fingerprint density at radius 1 is 1.06 bits per heavy atom. The van der Waals surface area contributed by atoms with Crippen LogP contribution in [0.3, 0.4) is 0 Å². The zero-order chi connectivity index (χ0) is 23.4. The lowest BCUT2D eigenvalue weighted by Gasteiger charge is -2.33. The van der Waals surface area contributed by atoms with Gasteiger partial charge in [-0.1, -0.05) is 17.7 Å². The Morgan fingerprint density at radius 2 is 1.76 bits per heavy atom. The summed E-state index contributed by atoms with van der Waals surface area (Å²) in [5.41, 5.74) is 3.03. The molecule has 2 heterocycles. The smallest absolute Gasteiger partial charge is 0.226 e. The summed E-state index contributed by atoms with van der Waals surface area (Å²) < 4.78 is 11.1. The lowest BCUT2D eigenvalue weighted by Crippen LogP contribution is -2.42. The number of hydrogen-bond acceptors (Lipinski definition) is 6. The van der Waals surface area contributed by atoms with Crippen LogP contribution in [0, 0.1) is 19.8 Å². The maximum absolute atomic E-state index is 12.9. The fourth-order valence-electron chi connectivity index (χ4n) is 4.20. The number of fused-ring (bicyclic) bond motifs is 1. The molecule has 3 aromatic rings. The zero-order valence-corrected chi connectivity index (χ0v) is 19.9. The maximum atomic E-state index is 12.9. The van der Waals surface area contributed by atoms with Crippen LogP contribution >= 0.6 is 0 Å². The highest BCUT2D eigenvalue weighted by Crippen LogP contribution is 2.27. The van der Waals surface area contributed by atoms with Crippen LogP contribution in [0.2, 0.25) is 0 Å². The number of carbonyl (C=O) groups excluding carboxylic acids is 1. The van der Waals surface area contributed by atoms with Gasteiger partial charge in [-0.2, -0.15) is 0 Å². The average molecular weight is 449 g/mol. The SMILES string of the molecule is COc1ccc2c(C)nc(N3CCC(C(=O)N(C)CCOc4ccc(C)cc4)CC3)nc2c1. The Kier molecular flexibility index (Phi) is 6.96. The van der Waals surface area contributed by atoms with Gasteiger partial charge in [0.05, 0.1) is 24.9 Å². The normalized spacial score (nSPS) is 14.4. The molecule has 0 N–H and O–H groups in total. The Hall–Kier alpha value is -3.35. The number of amides is 1. The van der Waals surface area contributed by atoms with Gasteiger partial charge >= 0.3 is 0 Å². The first-order valence-electron chi connectivity index (χ1n) is 11.5. The van der Waals surface area contributed by atoms with Crippen LogP contribution in [0.25, 0.3) is 10.9 Å². The highest BCUT2D eigenvalue weighted by Gasteiger charge is 2.28. The molecular formula is C26H32N4O3. The molecule has 4 rings (SSSR count). The minimum atomic E-state index is 0.0206. The van der Waals surface area contributed by atoms with Crippen LogP contribution in [0.5, 0.6) is 11.5 Å². The number of aryl methyl sites for hydroxylation is 2. The highest BCUT2D eigenvalue weighted by molar-refractivity contribution is 5.83. The van der Waals surface area contributed by atoms with Crippen molar-refractivity contribution in [1.82, 2.24) is 14.9 Å². The number of anilines is 1. The second-order valence-electron chi connectivity index (χ2n) is 8.67. The van der Waals surface area contributed by atoms with E-state index in [0.717, 1.165) is 60.0 Å². The molecule has 2 aromatic carbocycles. The van der Waals surface area contributed by atoms with E-state index in [4.69, 9.17) is 19.4 Å². The Bertz CT molecular complexity index is 1110. The van der Waals surface area contributed by atoms with Crippen LogP contribution in [-0.2, 0) is 4.79 Å². The fourth-order valence-corrected chi connectivity index (χ4v) is 4.20. The summed E-state index contributed by atoms with van der Waals surface area (Å²) in [6.45, 7) is 6.63. The summed E-state index contributed by atoms with van der Waals surface area (Å²) in [6, 6.07) is 13.8. The third-order valence-electron chi connectivity index (χ3n) is 6.30. The number of ether oxygens (including phenoxy) is 2. The summed E-state index contributed by atoms with van der Waals surface area (Å²) >= 11 is 0. The van der Waals surface area contributed by atoms with Crippen molar-refractivity contribution in [1.29, 1.82) is 0 Å². The number of carbonyl (C=O) groups is 1. The number of likely N-dealkylation sites (N-methyl/N-ethyl adjacent to an activating group) is 1. The number of hydrogen-bond donors (Lipinski definition) is 0. The molecule has 0 spiro atoms. The number of rotatable bonds is 7. The van der Waals surface area contributed by atoms with E-state index in [0.29, 0.717) is 13.2 Å². The molecule has 0 unspecified atom stereocenters. The van der Waals surface area contributed by atoms with Gasteiger partial charge in [0.2, 0.25) is 11.9 Å². The first kappa shape index (κ1) is 22.8. The van der Waals surface area contributed by atoms with Crippen molar-refractivity contribution in [3.8, 4) is 11.5 Å². The van der Waals surface area contributed by atoms with E-state index in [9.17, 15) is 4.79 Å². The monoisotopic (exact) mass is 448 g/mol. The lowest BCUT2D eigenvalue weighted by molar-refractivity contribution is -0.135. The third kappa shape index (κ3) is 5.35. The van der Waals surface area contributed by atoms with Crippen molar-refractivity contribution in [3.05, 3.63) is 53.7 Å². The highest BCUT2D eigenvalue weighted by atomic mass is 16.5. The minimum Gasteiger partial charge on any atom is -0.497 e. The molecule has 0 atom stereocenters. The topological polar surface area (TPSA) is 67.8 Å². The molecule has 0 saturated carbocycles. The standard InChI is InChI=1S/C26H32N4O3/c1-18-5-7-21(8-6-18)33-16-15-29(3)25(31)20-11-13-30(14-12-20)26-27-19(2)23-10-9-22(32-4)17-24(23)28-26/h5-10,17,20H,11-16H2,1-4H3. The van der Waals surface area contributed by atoms with Crippen LogP contribution in [-0.4, -0.2) is 61.2 Å². The number of aromatic nitrogens is 2. The van der Waals surface area contributed by atoms with E-state index in [2.05, 4.69) is 4.90 Å². The number of methoxy groups -OCH3 is 1. The molecule has 174 valence electrons. The zero-order valence-electron chi connectivity index (χ0n) is 19.9. The largest absolute Gasteiger partial charge is 0.497 e. The predicted molar refractivity (Wildman–Crippen MR) is 130 cm³/mol. The summed E-state index contributed by atoms with van der Waals surface area (Å²) in [6.07, 6.45) is 1.58. The molecule has 1 aliphatic rings. The van der Waals surface area contributed by atoms with Crippen LogP contribution in [0.4, 0.5) is 5.95 Å². The molecule has 1 saturated heterocycles. The number of piperidine rings is 1. The van der Waals surface area contributed by atoms with Crippen molar-refractivity contribution in [2.45, 2.75) is 26.7 Å². The van der Waals surface area contributed by atoms with Crippen molar-refractivity contribution in [3.63, 3.8) is 0 Å². The quantitative estimate of drug-likeness (QED) is 0.544. The molecule has 7 heteroatoms. The van der Waals surface area contributed by atoms with Gasteiger partial charge in [0.1, 0.15) is 18.1 Å². The van der Waals surface area contributed by atoms with Gasteiger partial charge in [-0.3, -0.25) is 4.79 Å². The van der Waals surface area contributed by atoms with Gasteiger partial charge < -0.3 is 19.3 Å². The second kappa shape index (κ2) is 10.1. The second-order valence-corrected chi connectivity index (χ2v) is 8.67. The molecule has 0 radical (unpaired) electrons. The number of nitrogens with zero attached hydrogens (tertiary/aromatic N) is 4. The van der Waals surface area contributed by atoms with Gasteiger partial charge in [-0.05, 0) is 51.0 Å². The van der Waals surface area contributed by atoms with Gasteiger partial charge in [0.25, 0.3) is 0 Å². The molecule has 1 amide bonds. The molecule has 0 bridgehead atoms. The minimum absolute atomic E-state index is 0.0206. The molecule has 0 aliphatic carbocycles. The van der Waals surface area contributed by atoms with Gasteiger partial charge in [-0.25, -0.2) is 9.97 Å². The van der Waals surface area contributed by atoms with Gasteiger partial charge in [0.15, 0.2) is 0 Å². The van der Waals surface area contributed by atoms with Crippen LogP contribution < -0.4 is 14.4 Å². The van der Waals surface area contributed by atoms with Crippen molar-refractivity contribution < 1.29 is 14.3 Å². The van der Waals surface area contributed by atoms with Crippen LogP contribution in [0.1, 0.15) is 24.1 Å². The van der Waals surface area contributed by atoms with Gasteiger partial charge in [0, 0.05) is 37.5 Å². The summed E-state index contributed by atoms with van der Waals surface area (Å²) in [5, 5.41) is 1.03. The molecule has 1 aromatic heterocycles. The first-order valence-corrected chi connectivity index (χ1v) is 11.5. The Balaban J connectivity index is 1.31. The lowest BCUT2D eigenvalue weighted by atomic mass is 9.95. The number of benzene rings is 2. The van der Waals surface area contributed by atoms with Crippen molar-refractivity contribution in [2.24, 2.45) is 5.92 Å². The Labute approximate surface area is 195 Å².